The summed E-state index contributed by atoms with van der Waals surface area (Å²) < 4.78 is 0. The van der Waals surface area contributed by atoms with Crippen LogP contribution in [0.1, 0.15) is 65.7 Å². The van der Waals surface area contributed by atoms with E-state index in [9.17, 15) is 4.79 Å². The second-order valence-corrected chi connectivity index (χ2v) is 11.5. The van der Waals surface area contributed by atoms with Gasteiger partial charge in [0.15, 0.2) is 5.78 Å². The van der Waals surface area contributed by atoms with Gasteiger partial charge in [0.25, 0.3) is 0 Å². The van der Waals surface area contributed by atoms with Crippen LogP contribution in [0, 0.1) is 57.2 Å². The molecule has 128 valence electrons. The van der Waals surface area contributed by atoms with Crippen molar-refractivity contribution >= 4 is 5.78 Å². The van der Waals surface area contributed by atoms with Gasteiger partial charge < -0.3 is 0 Å². The summed E-state index contributed by atoms with van der Waals surface area (Å²) in [6.45, 7) is 7.87. The molecule has 7 aliphatic rings. The van der Waals surface area contributed by atoms with Gasteiger partial charge in [-0.2, -0.15) is 0 Å². The molecule has 6 saturated carbocycles. The molecule has 1 heteroatoms. The first-order chi connectivity index (χ1) is 11.4. The number of hydrogen-bond donors (Lipinski definition) is 0. The van der Waals surface area contributed by atoms with Crippen LogP contribution in [0.4, 0.5) is 0 Å². The van der Waals surface area contributed by atoms with Crippen LogP contribution in [-0.4, -0.2) is 5.78 Å². The van der Waals surface area contributed by atoms with Gasteiger partial charge in [-0.05, 0) is 102 Å². The van der Waals surface area contributed by atoms with Crippen molar-refractivity contribution in [3.63, 3.8) is 0 Å². The van der Waals surface area contributed by atoms with Gasteiger partial charge in [0, 0.05) is 6.42 Å². The zero-order valence-corrected chi connectivity index (χ0v) is 15.4. The molecule has 0 amide bonds. The third-order valence-corrected chi connectivity index (χ3v) is 11.5. The lowest BCUT2D eigenvalue weighted by atomic mass is 9.46. The fraction of sp³-hybridized carbons (Fsp3) is 0.870. The Balaban J connectivity index is 1.43. The van der Waals surface area contributed by atoms with E-state index >= 15 is 0 Å². The van der Waals surface area contributed by atoms with Crippen LogP contribution in [0.3, 0.4) is 0 Å². The predicted molar refractivity (Wildman–Crippen MR) is 93.1 cm³/mol. The van der Waals surface area contributed by atoms with Crippen molar-refractivity contribution in [3.8, 4) is 0 Å². The smallest absolute Gasteiger partial charge is 0.155 e. The molecule has 0 radical (unpaired) electrons. The molecule has 10 unspecified atom stereocenters. The fourth-order valence-corrected chi connectivity index (χ4v) is 10.2. The Bertz CT molecular complexity index is 749. The molecule has 0 aromatic rings. The van der Waals surface area contributed by atoms with E-state index in [2.05, 4.69) is 26.8 Å². The molecule has 0 saturated heterocycles. The minimum absolute atomic E-state index is 0.371. The number of ketones is 1. The first-order valence-electron chi connectivity index (χ1n) is 10.6. The Kier molecular flexibility index (Phi) is 1.89. The topological polar surface area (TPSA) is 17.1 Å². The normalized spacial score (nSPS) is 70.1. The molecular formula is C23H30O. The van der Waals surface area contributed by atoms with E-state index in [1.54, 1.807) is 12.0 Å². The molecule has 0 bridgehead atoms. The van der Waals surface area contributed by atoms with Crippen molar-refractivity contribution in [1.29, 1.82) is 0 Å². The largest absolute Gasteiger partial charge is 0.295 e. The van der Waals surface area contributed by atoms with Crippen LogP contribution in [0.25, 0.3) is 0 Å². The van der Waals surface area contributed by atoms with Crippen LogP contribution in [0.15, 0.2) is 11.6 Å². The number of hydrogen-bond acceptors (Lipinski definition) is 1. The van der Waals surface area contributed by atoms with Crippen molar-refractivity contribution < 1.29 is 4.79 Å². The molecule has 0 aromatic heterocycles. The summed E-state index contributed by atoms with van der Waals surface area (Å²) in [6, 6.07) is 0. The SMILES string of the molecule is CC1C2CC2C2C1(C)CCC13CC21C1CC1C1=CC(=O)CCC13C. The summed E-state index contributed by atoms with van der Waals surface area (Å²) in [5.74, 6) is 6.33. The number of carbonyl (C=O) groups is 1. The highest BCUT2D eigenvalue weighted by Crippen LogP contribution is 2.97. The van der Waals surface area contributed by atoms with Gasteiger partial charge in [-0.25, -0.2) is 0 Å². The molecular weight excluding hydrogens is 292 g/mol. The van der Waals surface area contributed by atoms with E-state index in [4.69, 9.17) is 0 Å². The Morgan fingerprint density at radius 3 is 2.75 bits per heavy atom. The minimum atomic E-state index is 0.371. The Hall–Kier alpha value is -0.590. The quantitative estimate of drug-likeness (QED) is 0.612. The van der Waals surface area contributed by atoms with Crippen molar-refractivity contribution in [3.05, 3.63) is 11.6 Å². The zero-order valence-electron chi connectivity index (χ0n) is 15.4. The number of fused-ring (bicyclic) bond motifs is 6. The average molecular weight is 322 g/mol. The van der Waals surface area contributed by atoms with Crippen LogP contribution in [0.2, 0.25) is 0 Å². The molecule has 0 aliphatic heterocycles. The second kappa shape index (κ2) is 3.35. The van der Waals surface area contributed by atoms with E-state index in [0.29, 0.717) is 27.4 Å². The molecule has 0 N–H and O–H groups in total. The van der Waals surface area contributed by atoms with E-state index in [1.165, 1.54) is 25.7 Å². The molecule has 24 heavy (non-hydrogen) atoms. The fourth-order valence-electron chi connectivity index (χ4n) is 10.2. The molecule has 7 rings (SSSR count). The number of rotatable bonds is 0. The first-order valence-corrected chi connectivity index (χ1v) is 10.6. The predicted octanol–water partition coefficient (Wildman–Crippen LogP) is 5.01. The third-order valence-electron chi connectivity index (χ3n) is 11.5. The Morgan fingerprint density at radius 2 is 1.92 bits per heavy atom. The van der Waals surface area contributed by atoms with Crippen molar-refractivity contribution in [1.82, 2.24) is 0 Å². The van der Waals surface area contributed by atoms with E-state index in [0.717, 1.165) is 48.3 Å². The zero-order chi connectivity index (χ0) is 16.3. The Morgan fingerprint density at radius 1 is 1.08 bits per heavy atom. The summed E-state index contributed by atoms with van der Waals surface area (Å²) in [7, 11) is 0. The lowest BCUT2D eigenvalue weighted by molar-refractivity contribution is -0.118. The van der Waals surface area contributed by atoms with Gasteiger partial charge in [-0.1, -0.05) is 26.3 Å². The molecule has 0 heterocycles. The van der Waals surface area contributed by atoms with Gasteiger partial charge in [0.1, 0.15) is 0 Å². The monoisotopic (exact) mass is 322 g/mol. The van der Waals surface area contributed by atoms with Crippen molar-refractivity contribution in [2.24, 2.45) is 57.2 Å². The van der Waals surface area contributed by atoms with E-state index in [-0.39, 0.29) is 0 Å². The summed E-state index contributed by atoms with van der Waals surface area (Å²) in [4.78, 5) is 12.2. The first kappa shape index (κ1) is 13.6. The van der Waals surface area contributed by atoms with Crippen molar-refractivity contribution in [2.75, 3.05) is 0 Å². The van der Waals surface area contributed by atoms with Crippen LogP contribution in [-0.2, 0) is 4.79 Å². The highest BCUT2D eigenvalue weighted by atomic mass is 16.1. The van der Waals surface area contributed by atoms with E-state index < -0.39 is 0 Å². The average Bonchev–Trinajstić information content (AvgIpc) is 3.39. The molecule has 1 nitrogen and oxygen atoms in total. The molecule has 7 aliphatic carbocycles. The molecule has 10 atom stereocenters. The van der Waals surface area contributed by atoms with Gasteiger partial charge in [-0.15, -0.1) is 0 Å². The standard InChI is InChI=1S/C23H30O/c1-12-14-9-15(14)19-20(12,2)6-7-22-11-23(19,22)18-10-16(18)17-8-13(24)4-5-21(17,22)3/h8,12,14-16,18-19H,4-7,9-11H2,1-3H3. The van der Waals surface area contributed by atoms with Gasteiger partial charge >= 0.3 is 0 Å². The van der Waals surface area contributed by atoms with Gasteiger partial charge in [0.05, 0.1) is 0 Å². The molecule has 6 fully saturated rings. The summed E-state index contributed by atoms with van der Waals surface area (Å²) in [5, 5.41) is 0. The maximum absolute atomic E-state index is 12.2. The maximum Gasteiger partial charge on any atom is 0.155 e. The summed E-state index contributed by atoms with van der Waals surface area (Å²) >= 11 is 0. The summed E-state index contributed by atoms with van der Waals surface area (Å²) in [6.07, 6.45) is 11.6. The van der Waals surface area contributed by atoms with E-state index in [1.807, 2.05) is 0 Å². The second-order valence-electron chi connectivity index (χ2n) is 11.5. The highest BCUT2D eigenvalue weighted by molar-refractivity contribution is 5.92. The van der Waals surface area contributed by atoms with Crippen LogP contribution < -0.4 is 0 Å². The van der Waals surface area contributed by atoms with Gasteiger partial charge in [0.2, 0.25) is 0 Å². The molecule has 0 spiro atoms. The third kappa shape index (κ3) is 1.04. The number of carbonyl (C=O) groups excluding carboxylic acids is 1. The summed E-state index contributed by atoms with van der Waals surface area (Å²) in [5.41, 5.74) is 3.92. The lowest BCUT2D eigenvalue weighted by Gasteiger charge is -2.58. The van der Waals surface area contributed by atoms with Crippen molar-refractivity contribution in [2.45, 2.75) is 65.7 Å². The molecule has 0 aromatic carbocycles. The lowest BCUT2D eigenvalue weighted by Crippen LogP contribution is -2.52. The Labute approximate surface area is 145 Å². The highest BCUT2D eigenvalue weighted by Gasteiger charge is 2.91. The van der Waals surface area contributed by atoms with Crippen LogP contribution >= 0.6 is 0 Å². The van der Waals surface area contributed by atoms with Gasteiger partial charge in [-0.3, -0.25) is 4.79 Å². The maximum atomic E-state index is 12.2. The van der Waals surface area contributed by atoms with Crippen LogP contribution in [0.5, 0.6) is 0 Å². The number of allylic oxidation sites excluding steroid dienone is 1. The minimum Gasteiger partial charge on any atom is -0.295 e.